The lowest BCUT2D eigenvalue weighted by Gasteiger charge is -2.32. The van der Waals surface area contributed by atoms with E-state index in [1.54, 1.807) is 21.7 Å². The summed E-state index contributed by atoms with van der Waals surface area (Å²) in [6.45, 7) is 1.69. The number of aromatic nitrogens is 4. The second-order valence-electron chi connectivity index (χ2n) is 8.57. The molecule has 0 saturated carbocycles. The van der Waals surface area contributed by atoms with Crippen molar-refractivity contribution in [1.82, 2.24) is 29.5 Å². The van der Waals surface area contributed by atoms with Crippen molar-refractivity contribution in [3.63, 3.8) is 0 Å². The fraction of sp³-hybridized carbons (Fsp3) is 0.391. The number of fused-ring (bicyclic) bond motifs is 1. The molecule has 0 spiro atoms. The third-order valence-corrected chi connectivity index (χ3v) is 5.77. The molecule has 11 heteroatoms. The molecule has 1 aromatic carbocycles. The lowest BCUT2D eigenvalue weighted by atomic mass is 10.1. The average Bonchev–Trinajstić information content (AvgIpc) is 3.19. The molecule has 1 fully saturated rings. The van der Waals surface area contributed by atoms with Gasteiger partial charge in [0.1, 0.15) is 17.8 Å². The number of halogens is 3. The van der Waals surface area contributed by atoms with Gasteiger partial charge in [-0.05, 0) is 39.1 Å². The number of rotatable bonds is 5. The van der Waals surface area contributed by atoms with Crippen LogP contribution in [0.1, 0.15) is 24.4 Å². The van der Waals surface area contributed by atoms with Crippen LogP contribution < -0.4 is 5.73 Å². The molecule has 4 rings (SSSR count). The number of hydrogen-bond acceptors (Lipinski definition) is 6. The minimum absolute atomic E-state index is 0.0877. The molecule has 1 saturated heterocycles. The summed E-state index contributed by atoms with van der Waals surface area (Å²) in [5.41, 5.74) is 6.33. The van der Waals surface area contributed by atoms with Crippen LogP contribution in [0, 0.1) is 0 Å². The average molecular weight is 474 g/mol. The zero-order chi connectivity index (χ0) is 24.5. The predicted octanol–water partition coefficient (Wildman–Crippen LogP) is 3.38. The Morgan fingerprint density at radius 2 is 2.09 bits per heavy atom. The number of nitrogens with zero attached hydrogens (tertiary/aromatic N) is 6. The first-order chi connectivity index (χ1) is 16.1. The fourth-order valence-electron chi connectivity index (χ4n) is 4.12. The Morgan fingerprint density at radius 1 is 1.29 bits per heavy atom. The van der Waals surface area contributed by atoms with E-state index >= 15 is 0 Å². The van der Waals surface area contributed by atoms with Gasteiger partial charge < -0.3 is 15.5 Å². The summed E-state index contributed by atoms with van der Waals surface area (Å²) in [6.07, 6.45) is 1.71. The number of nitrogen functional groups attached to an aromatic ring is 1. The molecule has 1 aliphatic heterocycles. The molecule has 1 amide bonds. The Morgan fingerprint density at radius 3 is 2.82 bits per heavy atom. The molecule has 180 valence electrons. The number of likely N-dealkylation sites (N-methyl/N-ethyl adjacent to an activating group) is 1. The molecule has 0 radical (unpaired) electrons. The van der Waals surface area contributed by atoms with E-state index in [4.69, 9.17) is 5.73 Å². The number of nitrogens with two attached hydrogens (primary N) is 1. The first-order valence-electron chi connectivity index (χ1n) is 10.9. The highest BCUT2D eigenvalue weighted by molar-refractivity contribution is 5.98. The Bertz CT molecular complexity index is 1220. The van der Waals surface area contributed by atoms with Crippen LogP contribution in [0.2, 0.25) is 0 Å². The van der Waals surface area contributed by atoms with Gasteiger partial charge in [-0.25, -0.2) is 14.6 Å². The monoisotopic (exact) mass is 473 g/mol. The van der Waals surface area contributed by atoms with Crippen LogP contribution in [-0.2, 0) is 11.0 Å². The number of carbonyl (C=O) groups excluding carboxylic acids is 1. The maximum Gasteiger partial charge on any atom is 0.416 e. The van der Waals surface area contributed by atoms with Gasteiger partial charge in [-0.3, -0.25) is 4.79 Å². The number of benzene rings is 1. The van der Waals surface area contributed by atoms with Crippen LogP contribution in [0.4, 0.5) is 19.0 Å². The first-order valence-corrected chi connectivity index (χ1v) is 10.9. The van der Waals surface area contributed by atoms with Gasteiger partial charge in [0, 0.05) is 31.3 Å². The molecule has 1 atom stereocenters. The van der Waals surface area contributed by atoms with Crippen molar-refractivity contribution in [1.29, 1.82) is 0 Å². The molecular weight excluding hydrogens is 447 g/mol. The summed E-state index contributed by atoms with van der Waals surface area (Å²) >= 11 is 0. The van der Waals surface area contributed by atoms with Crippen LogP contribution in [0.5, 0.6) is 0 Å². The van der Waals surface area contributed by atoms with Gasteiger partial charge in [0.2, 0.25) is 5.91 Å². The maximum absolute atomic E-state index is 13.3. The minimum Gasteiger partial charge on any atom is -0.383 e. The van der Waals surface area contributed by atoms with E-state index < -0.39 is 11.7 Å². The molecule has 1 aliphatic rings. The van der Waals surface area contributed by atoms with Crippen LogP contribution in [0.25, 0.3) is 22.3 Å². The van der Waals surface area contributed by atoms with E-state index in [0.29, 0.717) is 30.7 Å². The van der Waals surface area contributed by atoms with Gasteiger partial charge in [-0.15, -0.1) is 0 Å². The van der Waals surface area contributed by atoms with Gasteiger partial charge in [0.05, 0.1) is 17.0 Å². The Kier molecular flexibility index (Phi) is 6.56. The third-order valence-electron chi connectivity index (χ3n) is 5.77. The SMILES string of the molecule is CN(C)C/C=C/C(=O)N1CCC[C@@H](n2nc(-c3cccc(C(F)(F)F)c3)c3c(N)ncnc32)C1. The number of anilines is 1. The Balaban J connectivity index is 1.70. The molecule has 0 unspecified atom stereocenters. The summed E-state index contributed by atoms with van der Waals surface area (Å²) in [5, 5.41) is 5.05. The van der Waals surface area contributed by atoms with Crippen LogP contribution >= 0.6 is 0 Å². The van der Waals surface area contributed by atoms with E-state index in [1.165, 1.54) is 12.4 Å². The molecule has 0 aliphatic carbocycles. The summed E-state index contributed by atoms with van der Waals surface area (Å²) in [4.78, 5) is 24.7. The summed E-state index contributed by atoms with van der Waals surface area (Å²) < 4.78 is 41.6. The number of piperidine rings is 1. The van der Waals surface area contributed by atoms with E-state index in [1.807, 2.05) is 25.1 Å². The van der Waals surface area contributed by atoms with E-state index in [0.717, 1.165) is 25.0 Å². The third kappa shape index (κ3) is 4.89. The molecule has 3 aromatic rings. The molecule has 34 heavy (non-hydrogen) atoms. The molecule has 2 N–H and O–H groups in total. The number of carbonyl (C=O) groups is 1. The lowest BCUT2D eigenvalue weighted by molar-refractivity contribution is -0.137. The van der Waals surface area contributed by atoms with Crippen molar-refractivity contribution in [2.75, 3.05) is 39.5 Å². The molecule has 8 nitrogen and oxygen atoms in total. The molecule has 0 bridgehead atoms. The van der Waals surface area contributed by atoms with Crippen LogP contribution in [0.15, 0.2) is 42.7 Å². The van der Waals surface area contributed by atoms with E-state index in [9.17, 15) is 18.0 Å². The van der Waals surface area contributed by atoms with Crippen molar-refractivity contribution in [3.8, 4) is 11.3 Å². The number of alkyl halides is 3. The smallest absolute Gasteiger partial charge is 0.383 e. The summed E-state index contributed by atoms with van der Waals surface area (Å²) in [6, 6.07) is 4.75. The van der Waals surface area contributed by atoms with E-state index in [-0.39, 0.29) is 29.0 Å². The van der Waals surface area contributed by atoms with Gasteiger partial charge in [0.25, 0.3) is 0 Å². The topological polar surface area (TPSA) is 93.2 Å². The van der Waals surface area contributed by atoms with Crippen molar-refractivity contribution in [3.05, 3.63) is 48.3 Å². The zero-order valence-electron chi connectivity index (χ0n) is 19.0. The normalized spacial score (nSPS) is 17.2. The standard InChI is InChI=1S/C23H26F3N7O/c1-31(2)10-5-9-18(34)32-11-4-8-17(13-32)33-22-19(21(27)28-14-29-22)20(30-33)15-6-3-7-16(12-15)23(24,25)26/h3,5-7,9,12,14,17H,4,8,10-11,13H2,1-2H3,(H2,27,28,29)/b9-5+/t17-/m1/s1. The molecular formula is C23H26F3N7O. The summed E-state index contributed by atoms with van der Waals surface area (Å²) in [5.74, 6) is 0.0503. The first kappa shape index (κ1) is 23.7. The van der Waals surface area contributed by atoms with Gasteiger partial charge in [0.15, 0.2) is 5.65 Å². The number of likely N-dealkylation sites (tertiary alicyclic amines) is 1. The van der Waals surface area contributed by atoms with Crippen molar-refractivity contribution < 1.29 is 18.0 Å². The second-order valence-corrected chi connectivity index (χ2v) is 8.57. The highest BCUT2D eigenvalue weighted by Crippen LogP contribution is 2.36. The van der Waals surface area contributed by atoms with Crippen LogP contribution in [-0.4, -0.2) is 69.2 Å². The van der Waals surface area contributed by atoms with Crippen LogP contribution in [0.3, 0.4) is 0 Å². The minimum atomic E-state index is -4.49. The van der Waals surface area contributed by atoms with Gasteiger partial charge in [-0.2, -0.15) is 18.3 Å². The Hall–Kier alpha value is -3.47. The number of hydrogen-bond donors (Lipinski definition) is 1. The predicted molar refractivity (Wildman–Crippen MR) is 123 cm³/mol. The number of amides is 1. The summed E-state index contributed by atoms with van der Waals surface area (Å²) in [7, 11) is 3.84. The maximum atomic E-state index is 13.3. The fourth-order valence-corrected chi connectivity index (χ4v) is 4.12. The zero-order valence-corrected chi connectivity index (χ0v) is 19.0. The highest BCUT2D eigenvalue weighted by Gasteiger charge is 2.32. The second kappa shape index (κ2) is 9.41. The van der Waals surface area contributed by atoms with Crippen molar-refractivity contribution >= 4 is 22.8 Å². The van der Waals surface area contributed by atoms with Crippen molar-refractivity contribution in [2.24, 2.45) is 0 Å². The van der Waals surface area contributed by atoms with Gasteiger partial charge in [-0.1, -0.05) is 18.2 Å². The van der Waals surface area contributed by atoms with E-state index in [2.05, 4.69) is 15.1 Å². The van der Waals surface area contributed by atoms with Crippen molar-refractivity contribution in [2.45, 2.75) is 25.1 Å². The lowest BCUT2D eigenvalue weighted by Crippen LogP contribution is -2.40. The molecule has 2 aromatic heterocycles. The molecule has 3 heterocycles. The Labute approximate surface area is 194 Å². The van der Waals surface area contributed by atoms with Gasteiger partial charge >= 0.3 is 6.18 Å². The largest absolute Gasteiger partial charge is 0.416 e. The quantitative estimate of drug-likeness (QED) is 0.571. The highest BCUT2D eigenvalue weighted by atomic mass is 19.4.